The van der Waals surface area contributed by atoms with Crippen LogP contribution >= 0.6 is 15.9 Å². The highest BCUT2D eigenvalue weighted by Gasteiger charge is 2.43. The van der Waals surface area contributed by atoms with Crippen molar-refractivity contribution >= 4 is 50.1 Å². The molecule has 0 atom stereocenters. The van der Waals surface area contributed by atoms with Gasteiger partial charge in [0.1, 0.15) is 16.8 Å². The van der Waals surface area contributed by atoms with Crippen LogP contribution in [0.15, 0.2) is 10.5 Å². The summed E-state index contributed by atoms with van der Waals surface area (Å²) in [6, 6.07) is 3.54. The fourth-order valence-corrected chi connectivity index (χ4v) is 5.32. The van der Waals surface area contributed by atoms with E-state index in [1.54, 1.807) is 16.0 Å². The monoisotopic (exact) mass is 620 g/mol. The molecule has 10 nitrogen and oxygen atoms in total. The molecule has 0 unspecified atom stereocenters. The number of carbonyl (C=O) groups is 1. The summed E-state index contributed by atoms with van der Waals surface area (Å²) in [6.45, 7) is 13.5. The maximum absolute atomic E-state index is 15.5. The first-order valence-corrected chi connectivity index (χ1v) is 14.2. The Bertz CT molecular complexity index is 1290. The number of nitriles is 1. The number of fused-ring (bicyclic) bond motifs is 1. The van der Waals surface area contributed by atoms with Gasteiger partial charge in [-0.2, -0.15) is 5.26 Å². The number of hydrogen-bond donors (Lipinski definition) is 2. The van der Waals surface area contributed by atoms with Gasteiger partial charge in [-0.05, 0) is 89.1 Å². The van der Waals surface area contributed by atoms with Crippen molar-refractivity contribution in [3.8, 4) is 6.07 Å². The van der Waals surface area contributed by atoms with Crippen molar-refractivity contribution in [1.29, 1.82) is 5.26 Å². The molecule has 0 saturated carbocycles. The van der Waals surface area contributed by atoms with E-state index in [9.17, 15) is 4.79 Å². The molecule has 3 heterocycles. The lowest BCUT2D eigenvalue weighted by Crippen LogP contribution is -2.67. The molecule has 2 saturated heterocycles. The van der Waals surface area contributed by atoms with Crippen LogP contribution in [0.3, 0.4) is 0 Å². The highest BCUT2D eigenvalue weighted by Crippen LogP contribution is 2.44. The van der Waals surface area contributed by atoms with Gasteiger partial charge in [0.25, 0.3) is 0 Å². The SMILES string of the molecule is CC#N.Cc1cc2c(N(N)C3CCN(C(=O)OC(C)(C)C)CC3)c(N)c(N3CC(C)(N(C)C)C3)nc2c(F)c1Br. The van der Waals surface area contributed by atoms with Crippen molar-refractivity contribution in [2.75, 3.05) is 55.9 Å². The standard InChI is InChI=1S/C26H39BrFN7O2.C2H3N/c1-15-12-17-21(19(28)18(15)27)31-23(34-13-26(5,14-34)32(6)7)20(29)22(17)35(30)16-8-10-33(11-9-16)24(36)37-25(2,3)4;1-2-3/h12,16H,8-11,13-14,29-30H2,1-7H3;1H3. The van der Waals surface area contributed by atoms with Gasteiger partial charge >= 0.3 is 6.09 Å². The number of anilines is 3. The number of ether oxygens (including phenoxy) is 1. The topological polar surface area (TPSA) is 128 Å². The molecule has 1 amide bonds. The first kappa shape index (κ1) is 31.6. The Morgan fingerprint density at radius 2 is 1.85 bits per heavy atom. The molecule has 2 aliphatic rings. The van der Waals surface area contributed by atoms with E-state index >= 15 is 4.39 Å². The van der Waals surface area contributed by atoms with E-state index in [0.29, 0.717) is 53.0 Å². The van der Waals surface area contributed by atoms with Crippen LogP contribution in [0.25, 0.3) is 10.9 Å². The fraction of sp³-hybridized carbons (Fsp3) is 0.607. The molecule has 4 N–H and O–H groups in total. The minimum atomic E-state index is -0.551. The number of rotatable bonds is 4. The number of aromatic nitrogens is 1. The lowest BCUT2D eigenvalue weighted by Gasteiger charge is -2.52. The first-order chi connectivity index (χ1) is 18.5. The summed E-state index contributed by atoms with van der Waals surface area (Å²) >= 11 is 3.37. The van der Waals surface area contributed by atoms with E-state index in [1.165, 1.54) is 6.92 Å². The van der Waals surface area contributed by atoms with E-state index in [0.717, 1.165) is 18.7 Å². The molecule has 2 fully saturated rings. The minimum absolute atomic E-state index is 0.0213. The number of nitrogen functional groups attached to an aromatic ring is 1. The number of hydrazine groups is 1. The van der Waals surface area contributed by atoms with E-state index in [-0.39, 0.29) is 23.2 Å². The van der Waals surface area contributed by atoms with Crippen molar-refractivity contribution in [3.05, 3.63) is 21.9 Å². The Labute approximate surface area is 245 Å². The zero-order valence-corrected chi connectivity index (χ0v) is 26.4. The Hall–Kier alpha value is -2.88. The van der Waals surface area contributed by atoms with Crippen molar-refractivity contribution < 1.29 is 13.9 Å². The fourth-order valence-electron chi connectivity index (χ4n) is 5.01. The maximum Gasteiger partial charge on any atom is 0.410 e. The lowest BCUT2D eigenvalue weighted by molar-refractivity contribution is 0.0204. The summed E-state index contributed by atoms with van der Waals surface area (Å²) in [6.07, 6.45) is 0.943. The zero-order chi connectivity index (χ0) is 30.2. The number of amides is 1. The van der Waals surface area contributed by atoms with Crippen LogP contribution in [-0.2, 0) is 4.74 Å². The maximum atomic E-state index is 15.5. The second-order valence-corrected chi connectivity index (χ2v) is 12.8. The molecular weight excluding hydrogens is 579 g/mol. The van der Waals surface area contributed by atoms with Crippen LogP contribution in [0.5, 0.6) is 0 Å². The average Bonchev–Trinajstić information content (AvgIpc) is 2.84. The first-order valence-electron chi connectivity index (χ1n) is 13.4. The van der Waals surface area contributed by atoms with Crippen molar-refractivity contribution in [2.24, 2.45) is 5.84 Å². The van der Waals surface area contributed by atoms with Gasteiger partial charge in [-0.1, -0.05) is 0 Å². The smallest absolute Gasteiger partial charge is 0.410 e. The number of likely N-dealkylation sites (tertiary alicyclic amines) is 1. The molecule has 1 aromatic heterocycles. The molecule has 2 aromatic rings. The number of nitrogens with zero attached hydrogens (tertiary/aromatic N) is 6. The number of carbonyl (C=O) groups excluding carboxylic acids is 1. The summed E-state index contributed by atoms with van der Waals surface area (Å²) in [5, 5.41) is 9.56. The van der Waals surface area contributed by atoms with E-state index in [4.69, 9.17) is 26.6 Å². The van der Waals surface area contributed by atoms with Crippen LogP contribution in [0, 0.1) is 24.1 Å². The minimum Gasteiger partial charge on any atom is -0.444 e. The second kappa shape index (κ2) is 11.9. The Morgan fingerprint density at radius 3 is 2.35 bits per heavy atom. The third-order valence-corrected chi connectivity index (χ3v) is 8.52. The number of halogens is 2. The molecule has 40 heavy (non-hydrogen) atoms. The Morgan fingerprint density at radius 1 is 1.30 bits per heavy atom. The summed E-state index contributed by atoms with van der Waals surface area (Å²) in [4.78, 5) is 23.2. The van der Waals surface area contributed by atoms with Crippen molar-refractivity contribution in [1.82, 2.24) is 14.8 Å². The van der Waals surface area contributed by atoms with Crippen LogP contribution < -0.4 is 21.5 Å². The lowest BCUT2D eigenvalue weighted by atomic mass is 9.90. The van der Waals surface area contributed by atoms with Gasteiger partial charge in [0.05, 0.1) is 21.8 Å². The molecule has 1 aromatic carbocycles. The third kappa shape index (κ3) is 6.37. The summed E-state index contributed by atoms with van der Waals surface area (Å²) in [5.41, 5.74) is 8.16. The third-order valence-electron chi connectivity index (χ3n) is 7.54. The predicted octanol–water partition coefficient (Wildman–Crippen LogP) is 4.78. The molecule has 0 radical (unpaired) electrons. The summed E-state index contributed by atoms with van der Waals surface area (Å²) in [7, 11) is 4.09. The molecule has 0 spiro atoms. The van der Waals surface area contributed by atoms with E-state index < -0.39 is 11.4 Å². The number of hydrogen-bond acceptors (Lipinski definition) is 9. The number of piperidine rings is 1. The molecule has 2 aliphatic heterocycles. The molecule has 0 bridgehead atoms. The molecule has 0 aliphatic carbocycles. The number of benzene rings is 1. The quantitative estimate of drug-likeness (QED) is 0.366. The normalized spacial score (nSPS) is 17.2. The van der Waals surface area contributed by atoms with Crippen LogP contribution in [0.2, 0.25) is 0 Å². The predicted molar refractivity (Wildman–Crippen MR) is 162 cm³/mol. The van der Waals surface area contributed by atoms with Gasteiger partial charge < -0.3 is 30.2 Å². The van der Waals surface area contributed by atoms with Crippen LogP contribution in [0.4, 0.5) is 26.4 Å². The second-order valence-electron chi connectivity index (χ2n) is 12.0. The van der Waals surface area contributed by atoms with Gasteiger partial charge in [-0.3, -0.25) is 0 Å². The highest BCUT2D eigenvalue weighted by molar-refractivity contribution is 9.10. The van der Waals surface area contributed by atoms with Gasteiger partial charge in [-0.25, -0.2) is 20.0 Å². The van der Waals surface area contributed by atoms with Crippen LogP contribution in [0.1, 0.15) is 53.0 Å². The molecule has 220 valence electrons. The molecule has 4 rings (SSSR count). The number of nitrogens with two attached hydrogens (primary N) is 2. The number of pyridine rings is 1. The summed E-state index contributed by atoms with van der Waals surface area (Å²) < 4.78 is 21.4. The zero-order valence-electron chi connectivity index (χ0n) is 24.8. The number of aryl methyl sites for hydroxylation is 1. The Kier molecular flexibility index (Phi) is 9.43. The molecular formula is C28H42BrFN8O2. The summed E-state index contributed by atoms with van der Waals surface area (Å²) in [5.74, 6) is 6.87. The Balaban J connectivity index is 0.00000141. The average molecular weight is 622 g/mol. The van der Waals surface area contributed by atoms with Gasteiger partial charge in [0.2, 0.25) is 0 Å². The van der Waals surface area contributed by atoms with Gasteiger partial charge in [-0.15, -0.1) is 0 Å². The molecule has 12 heteroatoms. The van der Waals surface area contributed by atoms with E-state index in [2.05, 4.69) is 32.7 Å². The van der Waals surface area contributed by atoms with Crippen molar-refractivity contribution in [2.45, 2.75) is 71.6 Å². The largest absolute Gasteiger partial charge is 0.444 e. The van der Waals surface area contributed by atoms with Gasteiger partial charge in [0.15, 0.2) is 11.6 Å². The van der Waals surface area contributed by atoms with Crippen LogP contribution in [-0.4, -0.2) is 78.3 Å². The highest BCUT2D eigenvalue weighted by atomic mass is 79.9. The van der Waals surface area contributed by atoms with Crippen molar-refractivity contribution in [3.63, 3.8) is 0 Å². The number of likely N-dealkylation sites (N-methyl/N-ethyl adjacent to an activating group) is 1. The van der Waals surface area contributed by atoms with Gasteiger partial charge in [0, 0.05) is 44.5 Å². The van der Waals surface area contributed by atoms with E-state index in [1.807, 2.05) is 47.9 Å².